The summed E-state index contributed by atoms with van der Waals surface area (Å²) < 4.78 is 0. The van der Waals surface area contributed by atoms with Gasteiger partial charge in [0.1, 0.15) is 0 Å². The van der Waals surface area contributed by atoms with E-state index >= 15 is 0 Å². The van der Waals surface area contributed by atoms with Crippen LogP contribution in [0.4, 0.5) is 0 Å². The van der Waals surface area contributed by atoms with Gasteiger partial charge in [-0.05, 0) is 24.3 Å². The third kappa shape index (κ3) is 3.55. The van der Waals surface area contributed by atoms with E-state index in [0.717, 1.165) is 5.56 Å². The van der Waals surface area contributed by atoms with Crippen molar-refractivity contribution < 1.29 is 5.11 Å². The van der Waals surface area contributed by atoms with Gasteiger partial charge in [0.25, 0.3) is 0 Å². The zero-order valence-corrected chi connectivity index (χ0v) is 11.4. The topological polar surface area (TPSA) is 46.2 Å². The summed E-state index contributed by atoms with van der Waals surface area (Å²) in [6.45, 7) is 8.92. The van der Waals surface area contributed by atoms with Gasteiger partial charge in [0.15, 0.2) is 0 Å². The molecule has 0 heterocycles. The average molecular weight is 235 g/mol. The van der Waals surface area contributed by atoms with Gasteiger partial charge in [0, 0.05) is 12.5 Å². The molecule has 0 fully saturated rings. The summed E-state index contributed by atoms with van der Waals surface area (Å²) in [4.78, 5) is 0. The van der Waals surface area contributed by atoms with Gasteiger partial charge in [-0.1, -0.05) is 50.6 Å². The van der Waals surface area contributed by atoms with E-state index in [1.54, 1.807) is 0 Å². The molecule has 3 N–H and O–H groups in total. The lowest BCUT2D eigenvalue weighted by Crippen LogP contribution is -2.33. The molecule has 0 aliphatic carbocycles. The summed E-state index contributed by atoms with van der Waals surface area (Å²) >= 11 is 0. The van der Waals surface area contributed by atoms with Crippen LogP contribution >= 0.6 is 0 Å². The second kappa shape index (κ2) is 6.18. The van der Waals surface area contributed by atoms with Crippen LogP contribution in [0.5, 0.6) is 0 Å². The van der Waals surface area contributed by atoms with E-state index in [-0.39, 0.29) is 17.9 Å². The standard InChI is InChI=1S/C15H25NO/c1-10(2)12(4)15(17)14(9-16)13-7-5-6-11(3)8-13/h5-8,10,12,14-15,17H,9,16H2,1-4H3. The normalized spacial score (nSPS) is 16.9. The molecule has 0 aliphatic rings. The molecule has 0 saturated heterocycles. The van der Waals surface area contributed by atoms with Crippen LogP contribution in [0.1, 0.15) is 37.8 Å². The number of aliphatic hydroxyl groups excluding tert-OH is 1. The fraction of sp³-hybridized carbons (Fsp3) is 0.600. The third-order valence-electron chi connectivity index (χ3n) is 3.73. The predicted molar refractivity (Wildman–Crippen MR) is 73.0 cm³/mol. The first-order valence-electron chi connectivity index (χ1n) is 6.42. The van der Waals surface area contributed by atoms with Crippen molar-refractivity contribution in [1.29, 1.82) is 0 Å². The van der Waals surface area contributed by atoms with Crippen molar-refractivity contribution in [3.05, 3.63) is 35.4 Å². The van der Waals surface area contributed by atoms with E-state index < -0.39 is 0 Å². The fourth-order valence-corrected chi connectivity index (χ4v) is 2.13. The molecular formula is C15H25NO. The maximum atomic E-state index is 10.4. The van der Waals surface area contributed by atoms with Crippen LogP contribution < -0.4 is 5.73 Å². The van der Waals surface area contributed by atoms with Crippen molar-refractivity contribution in [2.75, 3.05) is 6.54 Å². The lowest BCUT2D eigenvalue weighted by Gasteiger charge is -2.29. The first-order valence-corrected chi connectivity index (χ1v) is 6.42. The average Bonchev–Trinajstić information content (AvgIpc) is 2.28. The highest BCUT2D eigenvalue weighted by molar-refractivity contribution is 5.26. The van der Waals surface area contributed by atoms with Gasteiger partial charge in [-0.15, -0.1) is 0 Å². The molecule has 0 bridgehead atoms. The molecule has 0 radical (unpaired) electrons. The Morgan fingerprint density at radius 2 is 1.88 bits per heavy atom. The largest absolute Gasteiger partial charge is 0.392 e. The smallest absolute Gasteiger partial charge is 0.0648 e. The monoisotopic (exact) mass is 235 g/mol. The summed E-state index contributed by atoms with van der Waals surface area (Å²) in [6.07, 6.45) is -0.373. The van der Waals surface area contributed by atoms with Crippen LogP contribution in [0.2, 0.25) is 0 Å². The Morgan fingerprint density at radius 3 is 2.35 bits per heavy atom. The zero-order valence-electron chi connectivity index (χ0n) is 11.4. The second-order valence-electron chi connectivity index (χ2n) is 5.35. The van der Waals surface area contributed by atoms with E-state index in [4.69, 9.17) is 5.73 Å². The number of aliphatic hydroxyl groups is 1. The molecule has 2 heteroatoms. The van der Waals surface area contributed by atoms with E-state index in [0.29, 0.717) is 12.5 Å². The van der Waals surface area contributed by atoms with Crippen LogP contribution in [-0.4, -0.2) is 17.8 Å². The van der Waals surface area contributed by atoms with Crippen LogP contribution in [0.25, 0.3) is 0 Å². The second-order valence-corrected chi connectivity index (χ2v) is 5.35. The van der Waals surface area contributed by atoms with Crippen molar-refractivity contribution >= 4 is 0 Å². The van der Waals surface area contributed by atoms with E-state index in [2.05, 4.69) is 45.9 Å². The molecule has 1 aromatic rings. The minimum atomic E-state index is -0.373. The lowest BCUT2D eigenvalue weighted by atomic mass is 9.81. The van der Waals surface area contributed by atoms with Gasteiger partial charge in [0.2, 0.25) is 0 Å². The summed E-state index contributed by atoms with van der Waals surface area (Å²) in [6, 6.07) is 8.27. The molecule has 3 atom stereocenters. The molecule has 2 nitrogen and oxygen atoms in total. The lowest BCUT2D eigenvalue weighted by molar-refractivity contribution is 0.0684. The highest BCUT2D eigenvalue weighted by Gasteiger charge is 2.26. The Hall–Kier alpha value is -0.860. The molecule has 0 saturated carbocycles. The van der Waals surface area contributed by atoms with Gasteiger partial charge < -0.3 is 10.8 Å². The molecule has 0 aromatic heterocycles. The Morgan fingerprint density at radius 1 is 1.24 bits per heavy atom. The van der Waals surface area contributed by atoms with Crippen molar-refractivity contribution in [3.63, 3.8) is 0 Å². The Labute approximate surface area is 105 Å². The maximum Gasteiger partial charge on any atom is 0.0648 e. The van der Waals surface area contributed by atoms with E-state index in [1.807, 2.05) is 6.07 Å². The highest BCUT2D eigenvalue weighted by atomic mass is 16.3. The van der Waals surface area contributed by atoms with Crippen LogP contribution in [-0.2, 0) is 0 Å². The molecular weight excluding hydrogens is 210 g/mol. The van der Waals surface area contributed by atoms with Crippen molar-refractivity contribution in [2.45, 2.75) is 39.7 Å². The summed E-state index contributed by atoms with van der Waals surface area (Å²) in [5.41, 5.74) is 8.19. The van der Waals surface area contributed by atoms with Gasteiger partial charge in [-0.3, -0.25) is 0 Å². The molecule has 1 rings (SSSR count). The van der Waals surface area contributed by atoms with Gasteiger partial charge in [0.05, 0.1) is 6.10 Å². The van der Waals surface area contributed by atoms with Crippen molar-refractivity contribution in [1.82, 2.24) is 0 Å². The van der Waals surface area contributed by atoms with Crippen LogP contribution in [0.3, 0.4) is 0 Å². The third-order valence-corrected chi connectivity index (χ3v) is 3.73. The Bertz CT molecular complexity index is 349. The summed E-state index contributed by atoms with van der Waals surface area (Å²) in [7, 11) is 0. The molecule has 0 amide bonds. The number of nitrogens with two attached hydrogens (primary N) is 1. The Balaban J connectivity index is 2.91. The number of benzene rings is 1. The SMILES string of the molecule is Cc1cccc(C(CN)C(O)C(C)C(C)C)c1. The Kier molecular flexibility index (Phi) is 5.16. The fourth-order valence-electron chi connectivity index (χ4n) is 2.13. The molecule has 0 spiro atoms. The number of hydrogen-bond donors (Lipinski definition) is 2. The predicted octanol–water partition coefficient (Wildman–Crippen LogP) is 2.69. The number of aryl methyl sites for hydroxylation is 1. The quantitative estimate of drug-likeness (QED) is 0.824. The van der Waals surface area contributed by atoms with Gasteiger partial charge >= 0.3 is 0 Å². The van der Waals surface area contributed by atoms with Crippen LogP contribution in [0, 0.1) is 18.8 Å². The highest BCUT2D eigenvalue weighted by Crippen LogP contribution is 2.27. The van der Waals surface area contributed by atoms with Crippen molar-refractivity contribution in [2.24, 2.45) is 17.6 Å². The van der Waals surface area contributed by atoms with Crippen LogP contribution in [0.15, 0.2) is 24.3 Å². The maximum absolute atomic E-state index is 10.4. The van der Waals surface area contributed by atoms with Gasteiger partial charge in [-0.25, -0.2) is 0 Å². The van der Waals surface area contributed by atoms with E-state index in [1.165, 1.54) is 5.56 Å². The number of hydrogen-bond acceptors (Lipinski definition) is 2. The minimum Gasteiger partial charge on any atom is -0.392 e. The molecule has 1 aromatic carbocycles. The minimum absolute atomic E-state index is 0.0345. The molecule has 0 aliphatic heterocycles. The van der Waals surface area contributed by atoms with Crippen molar-refractivity contribution in [3.8, 4) is 0 Å². The van der Waals surface area contributed by atoms with E-state index in [9.17, 15) is 5.11 Å². The summed E-state index contributed by atoms with van der Waals surface area (Å²) in [5, 5.41) is 10.4. The first-order chi connectivity index (χ1) is 7.97. The summed E-state index contributed by atoms with van der Waals surface area (Å²) in [5.74, 6) is 0.750. The number of rotatable bonds is 5. The van der Waals surface area contributed by atoms with Gasteiger partial charge in [-0.2, -0.15) is 0 Å². The molecule has 3 unspecified atom stereocenters. The molecule has 96 valence electrons. The molecule has 17 heavy (non-hydrogen) atoms. The first kappa shape index (κ1) is 14.2. The zero-order chi connectivity index (χ0) is 13.0.